The number of nitrogens with zero attached hydrogens (tertiary/aromatic N) is 1. The zero-order valence-corrected chi connectivity index (χ0v) is 12.2. The van der Waals surface area contributed by atoms with Gasteiger partial charge in [-0.15, -0.1) is 0 Å². The molecule has 0 amide bonds. The molecule has 1 saturated heterocycles. The predicted octanol–water partition coefficient (Wildman–Crippen LogP) is 1.70. The molecule has 0 radical (unpaired) electrons. The smallest absolute Gasteiger partial charge is 0.0145 e. The van der Waals surface area contributed by atoms with Gasteiger partial charge in [-0.1, -0.05) is 34.1 Å². The molecule has 0 bridgehead atoms. The van der Waals surface area contributed by atoms with Gasteiger partial charge in [-0.25, -0.2) is 0 Å². The van der Waals surface area contributed by atoms with E-state index in [9.17, 15) is 0 Å². The summed E-state index contributed by atoms with van der Waals surface area (Å²) in [5.41, 5.74) is 0.379. The van der Waals surface area contributed by atoms with Crippen molar-refractivity contribution in [1.82, 2.24) is 15.5 Å². The van der Waals surface area contributed by atoms with Crippen LogP contribution in [0.1, 0.15) is 40.5 Å². The Kier molecular flexibility index (Phi) is 6.45. The van der Waals surface area contributed by atoms with Gasteiger partial charge in [-0.3, -0.25) is 4.90 Å². The summed E-state index contributed by atoms with van der Waals surface area (Å²) in [6.07, 6.45) is 2.59. The second-order valence-electron chi connectivity index (χ2n) is 6.21. The molecule has 1 rings (SSSR count). The van der Waals surface area contributed by atoms with E-state index in [1.165, 1.54) is 25.9 Å². The lowest BCUT2D eigenvalue weighted by Crippen LogP contribution is -2.48. The molecule has 1 fully saturated rings. The van der Waals surface area contributed by atoms with Gasteiger partial charge in [0.05, 0.1) is 0 Å². The van der Waals surface area contributed by atoms with Gasteiger partial charge in [0.25, 0.3) is 0 Å². The molecule has 1 atom stereocenters. The first-order valence-electron chi connectivity index (χ1n) is 7.21. The van der Waals surface area contributed by atoms with Gasteiger partial charge < -0.3 is 10.6 Å². The first-order chi connectivity index (χ1) is 8.05. The Labute approximate surface area is 107 Å². The number of hydrogen-bond acceptors (Lipinski definition) is 3. The molecule has 1 aliphatic rings. The fourth-order valence-electron chi connectivity index (χ4n) is 2.73. The average molecular weight is 241 g/mol. The van der Waals surface area contributed by atoms with E-state index >= 15 is 0 Å². The van der Waals surface area contributed by atoms with Crippen LogP contribution in [0.3, 0.4) is 0 Å². The second kappa shape index (κ2) is 7.34. The summed E-state index contributed by atoms with van der Waals surface area (Å²) in [6.45, 7) is 16.2. The van der Waals surface area contributed by atoms with Gasteiger partial charge in [0.1, 0.15) is 0 Å². The maximum absolute atomic E-state index is 3.50. The minimum absolute atomic E-state index is 0.379. The maximum atomic E-state index is 3.50. The van der Waals surface area contributed by atoms with Gasteiger partial charge in [0, 0.05) is 45.3 Å². The zero-order chi connectivity index (χ0) is 12.7. The molecular formula is C14H31N3. The molecule has 0 saturated carbocycles. The van der Waals surface area contributed by atoms with Crippen LogP contribution in [0, 0.1) is 5.41 Å². The Morgan fingerprint density at radius 3 is 1.94 bits per heavy atom. The molecule has 3 heteroatoms. The minimum atomic E-state index is 0.379. The number of rotatable bonds is 3. The third-order valence-corrected chi connectivity index (χ3v) is 3.63. The Morgan fingerprint density at radius 1 is 1.00 bits per heavy atom. The van der Waals surface area contributed by atoms with Crippen molar-refractivity contribution in [3.8, 4) is 0 Å². The minimum Gasteiger partial charge on any atom is -0.314 e. The molecule has 0 aromatic carbocycles. The van der Waals surface area contributed by atoms with E-state index in [1.54, 1.807) is 0 Å². The van der Waals surface area contributed by atoms with Gasteiger partial charge in [0.15, 0.2) is 0 Å². The van der Waals surface area contributed by atoms with Crippen LogP contribution in [-0.2, 0) is 0 Å². The summed E-state index contributed by atoms with van der Waals surface area (Å²) < 4.78 is 0. The Morgan fingerprint density at radius 2 is 1.53 bits per heavy atom. The molecule has 0 spiro atoms. The molecule has 0 unspecified atom stereocenters. The molecule has 102 valence electrons. The highest BCUT2D eigenvalue weighted by Gasteiger charge is 2.29. The maximum Gasteiger partial charge on any atom is 0.0145 e. The largest absolute Gasteiger partial charge is 0.314 e. The van der Waals surface area contributed by atoms with Crippen molar-refractivity contribution in [2.24, 2.45) is 5.41 Å². The summed E-state index contributed by atoms with van der Waals surface area (Å²) in [5, 5.41) is 7.00. The van der Waals surface area contributed by atoms with Crippen LogP contribution < -0.4 is 10.6 Å². The lowest BCUT2D eigenvalue weighted by Gasteiger charge is -2.40. The molecule has 3 nitrogen and oxygen atoms in total. The molecule has 1 aliphatic heterocycles. The second-order valence-corrected chi connectivity index (χ2v) is 6.21. The van der Waals surface area contributed by atoms with E-state index < -0.39 is 0 Å². The normalized spacial score (nSPS) is 22.6. The first-order valence-corrected chi connectivity index (χ1v) is 7.21. The summed E-state index contributed by atoms with van der Waals surface area (Å²) in [4.78, 5) is 2.68. The first kappa shape index (κ1) is 14.9. The SMILES string of the molecule is CCC[C@@H](N1CCNCCNCC1)C(C)(C)C. The van der Waals surface area contributed by atoms with Crippen LogP contribution in [0.2, 0.25) is 0 Å². The monoisotopic (exact) mass is 241 g/mol. The quantitative estimate of drug-likeness (QED) is 0.787. The van der Waals surface area contributed by atoms with Gasteiger partial charge in [0.2, 0.25) is 0 Å². The molecule has 1 heterocycles. The van der Waals surface area contributed by atoms with Crippen LogP contribution in [0.15, 0.2) is 0 Å². The van der Waals surface area contributed by atoms with Crippen molar-refractivity contribution < 1.29 is 0 Å². The van der Waals surface area contributed by atoms with Gasteiger partial charge in [-0.2, -0.15) is 0 Å². The van der Waals surface area contributed by atoms with Crippen LogP contribution in [-0.4, -0.2) is 50.2 Å². The van der Waals surface area contributed by atoms with Crippen LogP contribution in [0.4, 0.5) is 0 Å². The Bertz CT molecular complexity index is 188. The fourth-order valence-corrected chi connectivity index (χ4v) is 2.73. The average Bonchev–Trinajstić information content (AvgIpc) is 2.37. The molecule has 0 aromatic rings. The molecule has 2 N–H and O–H groups in total. The summed E-state index contributed by atoms with van der Waals surface area (Å²) in [7, 11) is 0. The standard InChI is InChI=1S/C14H31N3/c1-5-6-13(14(2,3)4)17-11-9-15-7-8-16-10-12-17/h13,15-16H,5-12H2,1-4H3/t13-/m1/s1. The van der Waals surface area contributed by atoms with Crippen LogP contribution >= 0.6 is 0 Å². The van der Waals surface area contributed by atoms with Crippen molar-refractivity contribution in [2.45, 2.75) is 46.6 Å². The van der Waals surface area contributed by atoms with Crippen molar-refractivity contribution in [1.29, 1.82) is 0 Å². The van der Waals surface area contributed by atoms with E-state index in [1.807, 2.05) is 0 Å². The zero-order valence-electron chi connectivity index (χ0n) is 12.2. The number of nitrogens with one attached hydrogen (secondary N) is 2. The third-order valence-electron chi connectivity index (χ3n) is 3.63. The molecule has 0 aromatic heterocycles. The Hall–Kier alpha value is -0.120. The topological polar surface area (TPSA) is 27.3 Å². The third kappa shape index (κ3) is 5.36. The molecular weight excluding hydrogens is 210 g/mol. The Balaban J connectivity index is 2.61. The summed E-state index contributed by atoms with van der Waals surface area (Å²) in [5.74, 6) is 0. The van der Waals surface area contributed by atoms with E-state index in [2.05, 4.69) is 43.2 Å². The molecule has 0 aliphatic carbocycles. The van der Waals surface area contributed by atoms with Gasteiger partial charge in [-0.05, 0) is 11.8 Å². The fraction of sp³-hybridized carbons (Fsp3) is 1.00. The highest BCUT2D eigenvalue weighted by Crippen LogP contribution is 2.27. The summed E-state index contributed by atoms with van der Waals surface area (Å²) >= 11 is 0. The lowest BCUT2D eigenvalue weighted by atomic mass is 9.83. The number of hydrogen-bond donors (Lipinski definition) is 2. The van der Waals surface area contributed by atoms with Crippen LogP contribution in [0.5, 0.6) is 0 Å². The summed E-state index contributed by atoms with van der Waals surface area (Å²) in [6, 6.07) is 0.703. The predicted molar refractivity (Wildman–Crippen MR) is 75.5 cm³/mol. The van der Waals surface area contributed by atoms with E-state index in [-0.39, 0.29) is 0 Å². The highest BCUT2D eigenvalue weighted by atomic mass is 15.2. The van der Waals surface area contributed by atoms with Crippen molar-refractivity contribution in [3.63, 3.8) is 0 Å². The van der Waals surface area contributed by atoms with Crippen molar-refractivity contribution >= 4 is 0 Å². The van der Waals surface area contributed by atoms with E-state index in [4.69, 9.17) is 0 Å². The van der Waals surface area contributed by atoms with Gasteiger partial charge >= 0.3 is 0 Å². The van der Waals surface area contributed by atoms with Crippen LogP contribution in [0.25, 0.3) is 0 Å². The van der Waals surface area contributed by atoms with E-state index in [0.717, 1.165) is 26.2 Å². The van der Waals surface area contributed by atoms with E-state index in [0.29, 0.717) is 11.5 Å². The van der Waals surface area contributed by atoms with Crippen molar-refractivity contribution in [2.75, 3.05) is 39.3 Å². The highest BCUT2D eigenvalue weighted by molar-refractivity contribution is 4.84. The van der Waals surface area contributed by atoms with Crippen molar-refractivity contribution in [3.05, 3.63) is 0 Å². The lowest BCUT2D eigenvalue weighted by molar-refractivity contribution is 0.0938. The molecule has 17 heavy (non-hydrogen) atoms.